The standard InChI is InChI=1S/C16H38O2S4Si2/c1-5-7-11-17-23-15(3)9-13-19-21-22-20-14-10-16(4)24-18-12-8-6-2/h15-16H,5-14,23-24H2,1-4H3. The van der Waals surface area contributed by atoms with Crippen LogP contribution in [0.25, 0.3) is 0 Å². The lowest BCUT2D eigenvalue weighted by Crippen LogP contribution is -2.07. The van der Waals surface area contributed by atoms with Gasteiger partial charge in [0.1, 0.15) is 0 Å². The van der Waals surface area contributed by atoms with Gasteiger partial charge >= 0.3 is 0 Å². The van der Waals surface area contributed by atoms with Crippen LogP contribution in [0.2, 0.25) is 11.1 Å². The molecule has 2 unspecified atom stereocenters. The normalized spacial score (nSPS) is 15.0. The highest BCUT2D eigenvalue weighted by Crippen LogP contribution is 2.44. The summed E-state index contributed by atoms with van der Waals surface area (Å²) in [5, 5.41) is 0. The van der Waals surface area contributed by atoms with E-state index in [0.717, 1.165) is 24.3 Å². The zero-order valence-corrected chi connectivity index (χ0v) is 22.2. The topological polar surface area (TPSA) is 18.5 Å². The molecule has 0 saturated heterocycles. The van der Waals surface area contributed by atoms with Crippen LogP contribution in [0.5, 0.6) is 0 Å². The van der Waals surface area contributed by atoms with Crippen molar-refractivity contribution in [2.75, 3.05) is 24.7 Å². The Hall–Kier alpha value is 1.75. The van der Waals surface area contributed by atoms with Crippen molar-refractivity contribution >= 4 is 60.8 Å². The van der Waals surface area contributed by atoms with Crippen LogP contribution in [0, 0.1) is 0 Å². The fourth-order valence-electron chi connectivity index (χ4n) is 1.83. The molecule has 0 aliphatic rings. The smallest absolute Gasteiger partial charge is 0.164 e. The van der Waals surface area contributed by atoms with E-state index in [2.05, 4.69) is 27.7 Å². The van der Waals surface area contributed by atoms with Gasteiger partial charge in [0.25, 0.3) is 0 Å². The van der Waals surface area contributed by atoms with Crippen molar-refractivity contribution in [2.45, 2.75) is 77.3 Å². The van der Waals surface area contributed by atoms with Crippen LogP contribution in [-0.4, -0.2) is 44.2 Å². The van der Waals surface area contributed by atoms with Gasteiger partial charge in [0.05, 0.1) is 0 Å². The zero-order valence-electron chi connectivity index (χ0n) is 16.1. The molecule has 0 aliphatic carbocycles. The highest BCUT2D eigenvalue weighted by molar-refractivity contribution is 9.26. The summed E-state index contributed by atoms with van der Waals surface area (Å²) in [4.78, 5) is 0. The summed E-state index contributed by atoms with van der Waals surface area (Å²) in [7, 11) is 7.34. The molecule has 0 heterocycles. The second-order valence-corrected chi connectivity index (χ2v) is 16.9. The molecule has 0 aromatic heterocycles. The third-order valence-electron chi connectivity index (χ3n) is 3.60. The molecule has 0 bridgehead atoms. The maximum atomic E-state index is 5.82. The number of hydrogen-bond acceptors (Lipinski definition) is 6. The van der Waals surface area contributed by atoms with E-state index in [1.165, 1.54) is 50.0 Å². The van der Waals surface area contributed by atoms with E-state index in [4.69, 9.17) is 8.85 Å². The molecular weight excluding hydrogens is 409 g/mol. The molecule has 8 heteroatoms. The second kappa shape index (κ2) is 21.1. The van der Waals surface area contributed by atoms with Crippen LogP contribution in [0.15, 0.2) is 0 Å². The van der Waals surface area contributed by atoms with E-state index >= 15 is 0 Å². The number of unbranched alkanes of at least 4 members (excludes halogenated alkanes) is 2. The highest BCUT2D eigenvalue weighted by Gasteiger charge is 2.05. The Labute approximate surface area is 171 Å². The Balaban J connectivity index is 3.21. The Bertz CT molecular complexity index is 230. The van der Waals surface area contributed by atoms with Gasteiger partial charge in [-0.05, 0) is 56.4 Å². The lowest BCUT2D eigenvalue weighted by Gasteiger charge is -2.11. The largest absolute Gasteiger partial charge is 0.424 e. The van der Waals surface area contributed by atoms with E-state index in [1.54, 1.807) is 0 Å². The Morgan fingerprint density at radius 1 is 0.750 bits per heavy atom. The molecule has 0 rings (SSSR count). The van der Waals surface area contributed by atoms with E-state index < -0.39 is 0 Å². The van der Waals surface area contributed by atoms with E-state index in [0.29, 0.717) is 0 Å². The van der Waals surface area contributed by atoms with Gasteiger partial charge in [-0.2, -0.15) is 0 Å². The third kappa shape index (κ3) is 20.1. The summed E-state index contributed by atoms with van der Waals surface area (Å²) in [6.07, 6.45) is 7.58. The predicted octanol–water partition coefficient (Wildman–Crippen LogP) is 5.86. The minimum Gasteiger partial charge on any atom is -0.424 e. The molecule has 146 valence electrons. The minimum atomic E-state index is -0.295. The molecule has 0 aliphatic heterocycles. The minimum absolute atomic E-state index is 0.295. The summed E-state index contributed by atoms with van der Waals surface area (Å²) >= 11 is 0. The molecule has 0 N–H and O–H groups in total. The molecule has 0 spiro atoms. The monoisotopic (exact) mass is 446 g/mol. The summed E-state index contributed by atoms with van der Waals surface area (Å²) in [5.74, 6) is 2.52. The van der Waals surface area contributed by atoms with Gasteiger partial charge in [-0.15, -0.1) is 0 Å². The zero-order chi connectivity index (χ0) is 17.9. The summed E-state index contributed by atoms with van der Waals surface area (Å²) in [5.41, 5.74) is 1.65. The van der Waals surface area contributed by atoms with E-state index in [1.807, 2.05) is 41.2 Å². The molecular formula is C16H38O2S4Si2. The molecule has 0 saturated carbocycles. The van der Waals surface area contributed by atoms with Crippen molar-refractivity contribution in [1.82, 2.24) is 0 Å². The van der Waals surface area contributed by atoms with E-state index in [-0.39, 0.29) is 19.5 Å². The molecule has 0 aromatic rings. The van der Waals surface area contributed by atoms with Crippen molar-refractivity contribution in [1.29, 1.82) is 0 Å². The van der Waals surface area contributed by atoms with Crippen molar-refractivity contribution in [2.24, 2.45) is 0 Å². The number of hydrogen-bond donors (Lipinski definition) is 0. The third-order valence-corrected chi connectivity index (χ3v) is 13.1. The van der Waals surface area contributed by atoms with Gasteiger partial charge in [0.2, 0.25) is 0 Å². The van der Waals surface area contributed by atoms with Gasteiger partial charge in [0, 0.05) is 24.7 Å². The van der Waals surface area contributed by atoms with Crippen molar-refractivity contribution in [3.8, 4) is 0 Å². The van der Waals surface area contributed by atoms with Crippen LogP contribution in [-0.2, 0) is 8.85 Å². The molecule has 0 fully saturated rings. The molecule has 2 nitrogen and oxygen atoms in total. The first kappa shape index (κ1) is 25.8. The molecule has 0 radical (unpaired) electrons. The fourth-order valence-corrected chi connectivity index (χ4v) is 11.2. The Kier molecular flexibility index (Phi) is 22.6. The van der Waals surface area contributed by atoms with Crippen LogP contribution in [0.1, 0.15) is 66.2 Å². The quantitative estimate of drug-likeness (QED) is 0.139. The second-order valence-electron chi connectivity index (χ2n) is 6.42. The lowest BCUT2D eigenvalue weighted by molar-refractivity contribution is 0.320. The van der Waals surface area contributed by atoms with Gasteiger partial charge in [-0.1, -0.05) is 62.1 Å². The van der Waals surface area contributed by atoms with Crippen molar-refractivity contribution in [3.63, 3.8) is 0 Å². The van der Waals surface area contributed by atoms with E-state index in [9.17, 15) is 0 Å². The first-order valence-corrected chi connectivity index (χ1v) is 17.4. The molecule has 24 heavy (non-hydrogen) atoms. The van der Waals surface area contributed by atoms with Crippen molar-refractivity contribution in [3.05, 3.63) is 0 Å². The summed E-state index contributed by atoms with van der Waals surface area (Å²) in [6, 6.07) is 0. The highest BCUT2D eigenvalue weighted by atomic mass is 33.7. The van der Waals surface area contributed by atoms with Crippen LogP contribution >= 0.6 is 41.2 Å². The average Bonchev–Trinajstić information content (AvgIpc) is 2.58. The SMILES string of the molecule is CCCCO[SiH2]C(C)CCSSSSCCC(C)[SiH2]OCCCC. The molecule has 0 aromatic carbocycles. The lowest BCUT2D eigenvalue weighted by atomic mass is 10.4. The van der Waals surface area contributed by atoms with Gasteiger partial charge in [-0.3, -0.25) is 0 Å². The van der Waals surface area contributed by atoms with Crippen LogP contribution < -0.4 is 0 Å². The van der Waals surface area contributed by atoms with Gasteiger partial charge in [0.15, 0.2) is 19.5 Å². The fraction of sp³-hybridized carbons (Fsp3) is 1.00. The maximum absolute atomic E-state index is 5.82. The summed E-state index contributed by atoms with van der Waals surface area (Å²) < 4.78 is 11.6. The maximum Gasteiger partial charge on any atom is 0.164 e. The summed E-state index contributed by atoms with van der Waals surface area (Å²) in [6.45, 7) is 11.2. The van der Waals surface area contributed by atoms with Crippen LogP contribution in [0.3, 0.4) is 0 Å². The number of rotatable bonds is 19. The molecule has 2 atom stereocenters. The first-order chi connectivity index (χ1) is 11.7. The molecule has 0 amide bonds. The average molecular weight is 447 g/mol. The Morgan fingerprint density at radius 2 is 1.17 bits per heavy atom. The van der Waals surface area contributed by atoms with Gasteiger partial charge < -0.3 is 8.85 Å². The predicted molar refractivity (Wildman–Crippen MR) is 127 cm³/mol. The van der Waals surface area contributed by atoms with Gasteiger partial charge in [-0.25, -0.2) is 0 Å². The Morgan fingerprint density at radius 3 is 1.54 bits per heavy atom. The first-order valence-electron chi connectivity index (χ1n) is 9.43. The van der Waals surface area contributed by atoms with Crippen LogP contribution in [0.4, 0.5) is 0 Å². The van der Waals surface area contributed by atoms with Crippen molar-refractivity contribution < 1.29 is 8.85 Å².